The van der Waals surface area contributed by atoms with Crippen LogP contribution < -0.4 is 20.1 Å². The number of methoxy groups -OCH3 is 2. The molecule has 4 fully saturated rings. The Morgan fingerprint density at radius 3 is 1.53 bits per heavy atom. The van der Waals surface area contributed by atoms with E-state index in [1.54, 1.807) is 26.4 Å². The first-order valence-corrected chi connectivity index (χ1v) is 26.7. The van der Waals surface area contributed by atoms with Gasteiger partial charge in [0.1, 0.15) is 30.5 Å². The maximum Gasteiger partial charge on any atom is 0.407 e. The monoisotopic (exact) mass is 1600 g/mol. The van der Waals surface area contributed by atoms with Crippen molar-refractivity contribution >= 4 is 23.6 Å². The smallest absolute Gasteiger partial charge is 0.407 e. The Balaban J connectivity index is 0.000000328. The number of nitrogens with one attached hydrogen (secondary N) is 4. The molecule has 0 aromatic heterocycles. The summed E-state index contributed by atoms with van der Waals surface area (Å²) < 4.78 is 44.3. The van der Waals surface area contributed by atoms with Gasteiger partial charge in [0.15, 0.2) is 6.29 Å². The van der Waals surface area contributed by atoms with Crippen molar-refractivity contribution in [2.24, 2.45) is 17.8 Å². The molecule has 2 amide bonds. The maximum atomic E-state index is 13.0. The van der Waals surface area contributed by atoms with Crippen molar-refractivity contribution in [2.45, 2.75) is 135 Å². The molecule has 4 aromatic carbocycles. The average molecular weight is 1600 g/mol. The van der Waals surface area contributed by atoms with Crippen molar-refractivity contribution < 1.29 is 57.7 Å². The number of ether oxygens (including phenoxy) is 8. The summed E-state index contributed by atoms with van der Waals surface area (Å²) in [4.78, 5) is 30.2. The van der Waals surface area contributed by atoms with E-state index in [4.69, 9.17) is 49.4 Å². The van der Waals surface area contributed by atoms with Crippen LogP contribution >= 0.6 is 0 Å². The fraction of sp³-hybridized carbons (Fsp3) is 0.559. The van der Waals surface area contributed by atoms with Crippen LogP contribution in [0.4, 0.5) is 21.0 Å². The summed E-state index contributed by atoms with van der Waals surface area (Å²) in [5.74, 6) is 1.83. The van der Waals surface area contributed by atoms with Crippen LogP contribution in [0.5, 0.6) is 11.5 Å². The molecule has 6 N–H and O–H groups in total. The molecule has 1 unspecified atom stereocenters. The zero-order chi connectivity index (χ0) is 54.1. The summed E-state index contributed by atoms with van der Waals surface area (Å²) in [6.07, 6.45) is -0.790. The molecule has 8 rings (SSSR count). The molecule has 3 saturated heterocycles. The van der Waals surface area contributed by atoms with Crippen molar-refractivity contribution in [3.8, 4) is 11.5 Å². The summed E-state index contributed by atoms with van der Waals surface area (Å²) >= 11 is 0. The molecule has 4 aliphatic rings. The van der Waals surface area contributed by atoms with Crippen LogP contribution in [-0.4, -0.2) is 148 Å². The Morgan fingerprint density at radius 2 is 1.09 bits per heavy atom. The van der Waals surface area contributed by atoms with Gasteiger partial charge in [0.25, 0.3) is 0 Å². The molecule has 10 atom stereocenters. The first-order chi connectivity index (χ1) is 36.6. The summed E-state index contributed by atoms with van der Waals surface area (Å²) in [7, 11) is 3.12. The molecule has 79 heavy (non-hydrogen) atoms. The van der Waals surface area contributed by atoms with E-state index in [2.05, 4.69) is 48.1 Å². The van der Waals surface area contributed by atoms with Gasteiger partial charge in [0.2, 0.25) is 0 Å². The molecule has 4 aromatic rings. The zero-order valence-electron chi connectivity index (χ0n) is 46.4. The molecule has 428 valence electrons. The number of aliphatic hydroxyl groups is 2. The van der Waals surface area contributed by atoms with Crippen LogP contribution in [0.15, 0.2) is 97.1 Å². The van der Waals surface area contributed by atoms with E-state index >= 15 is 0 Å². The van der Waals surface area contributed by atoms with Crippen molar-refractivity contribution in [3.05, 3.63) is 131 Å². The van der Waals surface area contributed by atoms with E-state index in [-0.39, 0.29) is 44.1 Å². The van der Waals surface area contributed by atoms with Crippen LogP contribution in [0, 0.1) is 17.8 Å². The summed E-state index contributed by atoms with van der Waals surface area (Å²) in [5.41, 5.74) is 20.6. The number of carbonyl (C=O) groups excluding carboxylic acids is 2. The van der Waals surface area contributed by atoms with Gasteiger partial charge in [0.05, 0.1) is 69.9 Å². The molecule has 0 radical (unpaired) electrons. The molecule has 18 nitrogen and oxygen atoms in total. The van der Waals surface area contributed by atoms with Gasteiger partial charge in [-0.15, -0.1) is 0 Å². The predicted octanol–water partition coefficient (Wildman–Crippen LogP) is 9.37. The van der Waals surface area contributed by atoms with Gasteiger partial charge in [-0.2, -0.15) is 0 Å². The number of rotatable bonds is 24. The summed E-state index contributed by atoms with van der Waals surface area (Å²) in [5, 5.41) is 28.7. The zero-order valence-corrected chi connectivity index (χ0v) is 59.1. The van der Waals surface area contributed by atoms with Crippen molar-refractivity contribution in [2.75, 3.05) is 60.4 Å². The van der Waals surface area contributed by atoms with Crippen molar-refractivity contribution in [1.82, 2.24) is 20.4 Å². The van der Waals surface area contributed by atoms with Crippen LogP contribution in [0.2, 0.25) is 0 Å². The van der Waals surface area contributed by atoms with E-state index in [0.717, 1.165) is 41.8 Å². The number of benzene rings is 4. The number of aliphatic hydroxyl groups excluding tert-OH is 2. The summed E-state index contributed by atoms with van der Waals surface area (Å²) in [6.45, 7) is 13.1. The number of hydrogen-bond donors (Lipinski definition) is 4. The minimum Gasteiger partial charge on any atom is -0.696 e. The van der Waals surface area contributed by atoms with Crippen LogP contribution in [0.25, 0.3) is 11.5 Å². The molecule has 1 saturated carbocycles. The van der Waals surface area contributed by atoms with Crippen LogP contribution in [-0.2, 0) is 54.4 Å². The van der Waals surface area contributed by atoms with Gasteiger partial charge < -0.3 is 70.2 Å². The second-order valence-corrected chi connectivity index (χ2v) is 21.3. The number of amides is 2. The Morgan fingerprint density at radius 1 is 0.633 bits per heavy atom. The van der Waals surface area contributed by atoms with E-state index in [9.17, 15) is 19.8 Å². The average Bonchev–Trinajstić information content (AvgIpc) is 4.21. The van der Waals surface area contributed by atoms with E-state index < -0.39 is 36.5 Å². The van der Waals surface area contributed by atoms with Gasteiger partial charge in [-0.05, 0) is 65.5 Å². The van der Waals surface area contributed by atoms with Gasteiger partial charge in [-0.1, -0.05) is 131 Å². The molecule has 20 heteroatoms. The van der Waals surface area contributed by atoms with Crippen molar-refractivity contribution in [3.63, 3.8) is 0 Å². The molecule has 3 heterocycles. The molecule has 0 bridgehead atoms. The number of alkyl carbamates (subject to hydrolysis) is 2. The largest absolute Gasteiger partial charge is 0.696 e. The summed E-state index contributed by atoms with van der Waals surface area (Å²) in [6, 6.07) is 29.5. The number of hydrogen-bond acceptors (Lipinski definition) is 14. The second kappa shape index (κ2) is 31.0. The Hall–Kier alpha value is -7.70. The molecule has 1 aliphatic carbocycles. The predicted molar refractivity (Wildman–Crippen MR) is 295 cm³/mol. The fourth-order valence-corrected chi connectivity index (χ4v) is 10.5. The van der Waals surface area contributed by atoms with Crippen LogP contribution in [0.1, 0.15) is 76.6 Å². The fourth-order valence-electron chi connectivity index (χ4n) is 10.5. The van der Waals surface area contributed by atoms with Gasteiger partial charge in [-0.3, -0.25) is 9.80 Å². The quantitative estimate of drug-likeness (QED) is 0.0513. The Labute approximate surface area is 455 Å². The molecule has 0 spiro atoms. The number of fused-ring (bicyclic) bond motifs is 2. The molecular formula is C59H84N6O12Rf2-2. The third-order valence-electron chi connectivity index (χ3n) is 14.1. The topological polar surface area (TPSA) is 227 Å². The molecule has 3 aliphatic heterocycles. The number of nitrogens with zero attached hydrogens (tertiary/aromatic N) is 2. The second-order valence-electron chi connectivity index (χ2n) is 21.3. The van der Waals surface area contributed by atoms with Gasteiger partial charge in [-0.25, -0.2) is 9.59 Å². The van der Waals surface area contributed by atoms with Gasteiger partial charge in [0, 0.05) is 52.1 Å². The van der Waals surface area contributed by atoms with Crippen LogP contribution in [0.3, 0.4) is 0 Å². The normalized spacial score (nSPS) is 21.5. The first kappa shape index (κ1) is 63.8. The Kier molecular flexibility index (Phi) is 25.1. The number of carbonyl (C=O) groups is 2. The van der Waals surface area contributed by atoms with E-state index in [1.165, 1.54) is 0 Å². The standard InChI is InChI=1S/2C29H40N3O6.CH4.2Rf/c1-19(2)15-32(16-21-9-10-23(30)26(12-21)35-3)17-25(33)24(11-20-7-5-4-6-8-20)31-29(34)38-22-13-27-28(14-22)37-18-36-27;1-19(2)15-32(16-21-9-10-23(30)26(14-21)35-3)17-25(33)24(13-20-7-5-4-6-8-20)31-29(34)38-27-18-37-28-22(27)11-12-36-28;;;/h4-10,12,19,22,24-25,27-28,30,33H,11,13-18H2,1-3H3,(H,31,34);4-10,14,19,22,24-25,27-28,30,33H,11-13,15-18H2,1-3H3,(H,31,34);1H4;;/q2*-1;;;/t22?,24-,25+,27-,28+;22-,24-,25+,27-,28+;;;/m00.../s1. The van der Waals surface area contributed by atoms with Gasteiger partial charge >= 0.3 is 12.2 Å². The SMILES string of the molecule is C.COc1cc(CN(CC(C)C)C[C@@H](O)[C@H](Cc2ccccc2)NC(=O)OC2C[C@@H]3OCO[C@@H]3C2)ccc1[NH-].COc1cc(CN(CC(C)C)C[C@@H](O)[C@H](Cc2ccccc2)NC(=O)O[C@H]2CO[C@H]3OCC[C@H]32)ccc1[NH-].[Rf].[Rf]. The first-order valence-electron chi connectivity index (χ1n) is 26.7. The minimum absolute atomic E-state index is 0. The Bertz CT molecular complexity index is 2400. The van der Waals surface area contributed by atoms with Crippen molar-refractivity contribution in [1.29, 1.82) is 0 Å². The minimum atomic E-state index is -0.846. The molecular weight excluding hydrogens is 1520 g/mol. The maximum absolute atomic E-state index is 13.0. The van der Waals surface area contributed by atoms with E-state index in [0.29, 0.717) is 107 Å². The van der Waals surface area contributed by atoms with E-state index in [1.807, 2.05) is 84.9 Å². The third kappa shape index (κ3) is 19.0. The third-order valence-corrected chi connectivity index (χ3v) is 14.1.